The van der Waals surface area contributed by atoms with Crippen LogP contribution in [0.3, 0.4) is 0 Å². The van der Waals surface area contributed by atoms with Crippen molar-refractivity contribution in [1.29, 1.82) is 0 Å². The van der Waals surface area contributed by atoms with Crippen molar-refractivity contribution in [2.75, 3.05) is 18.4 Å². The Labute approximate surface area is 189 Å². The number of amides is 2. The van der Waals surface area contributed by atoms with E-state index in [1.165, 1.54) is 0 Å². The maximum absolute atomic E-state index is 13.4. The van der Waals surface area contributed by atoms with Crippen molar-refractivity contribution in [1.82, 2.24) is 9.88 Å². The van der Waals surface area contributed by atoms with Gasteiger partial charge in [0.25, 0.3) is 5.91 Å². The van der Waals surface area contributed by atoms with Crippen LogP contribution in [0.5, 0.6) is 0 Å². The summed E-state index contributed by atoms with van der Waals surface area (Å²) in [6.07, 6.45) is 1.74. The van der Waals surface area contributed by atoms with Gasteiger partial charge in [-0.15, -0.1) is 0 Å². The van der Waals surface area contributed by atoms with Crippen LogP contribution < -0.4 is 5.32 Å². The summed E-state index contributed by atoms with van der Waals surface area (Å²) in [4.78, 5) is 31.8. The molecule has 6 heteroatoms. The average Bonchev–Trinajstić information content (AvgIpc) is 3.25. The van der Waals surface area contributed by atoms with Gasteiger partial charge in [-0.1, -0.05) is 45.9 Å². The molecular weight excluding hydrogens is 402 g/mol. The highest BCUT2D eigenvalue weighted by molar-refractivity contribution is 5.98. The number of carbonyl (C=O) groups excluding carboxylic acids is 2. The molecule has 0 fully saturated rings. The molecule has 0 aliphatic rings. The van der Waals surface area contributed by atoms with Crippen LogP contribution in [-0.4, -0.2) is 34.8 Å². The monoisotopic (exact) mass is 433 g/mol. The Kier molecular flexibility index (Phi) is 7.82. The molecule has 2 amide bonds. The van der Waals surface area contributed by atoms with Crippen LogP contribution in [0.2, 0.25) is 0 Å². The van der Waals surface area contributed by atoms with Gasteiger partial charge in [-0.3, -0.25) is 9.59 Å². The molecule has 0 bridgehead atoms. The summed E-state index contributed by atoms with van der Waals surface area (Å²) in [7, 11) is 0. The predicted molar refractivity (Wildman–Crippen MR) is 127 cm³/mol. The second kappa shape index (κ2) is 10.8. The smallest absolute Gasteiger partial charge is 0.276 e. The molecule has 0 aliphatic carbocycles. The van der Waals surface area contributed by atoms with E-state index in [1.54, 1.807) is 0 Å². The molecule has 0 atom stereocenters. The van der Waals surface area contributed by atoms with Gasteiger partial charge in [0.1, 0.15) is 0 Å². The Morgan fingerprint density at radius 1 is 0.938 bits per heavy atom. The highest BCUT2D eigenvalue weighted by Gasteiger charge is 2.26. The van der Waals surface area contributed by atoms with Crippen LogP contribution in [-0.2, 0) is 4.79 Å². The summed E-state index contributed by atoms with van der Waals surface area (Å²) in [5.41, 5.74) is 2.55. The number of nitrogens with one attached hydrogen (secondary N) is 1. The van der Waals surface area contributed by atoms with Gasteiger partial charge in [0.05, 0.1) is 0 Å². The van der Waals surface area contributed by atoms with E-state index in [9.17, 15) is 9.59 Å². The zero-order valence-corrected chi connectivity index (χ0v) is 19.2. The van der Waals surface area contributed by atoms with E-state index in [1.807, 2.05) is 73.3 Å². The lowest BCUT2D eigenvalue weighted by atomic mass is 10.1. The van der Waals surface area contributed by atoms with Gasteiger partial charge in [0.2, 0.25) is 11.8 Å². The number of rotatable bonds is 9. The number of oxazole rings is 1. The van der Waals surface area contributed by atoms with Gasteiger partial charge in [-0.25, -0.2) is 4.98 Å². The Balaban J connectivity index is 2.00. The molecule has 0 spiro atoms. The lowest BCUT2D eigenvalue weighted by Gasteiger charge is -2.20. The first-order chi connectivity index (χ1) is 15.4. The van der Waals surface area contributed by atoms with E-state index >= 15 is 0 Å². The average molecular weight is 434 g/mol. The molecule has 2 aromatic carbocycles. The van der Waals surface area contributed by atoms with Crippen LogP contribution in [0, 0.1) is 5.92 Å². The Morgan fingerprint density at radius 2 is 1.56 bits per heavy atom. The molecule has 1 aromatic heterocycles. The molecule has 3 rings (SSSR count). The molecule has 1 N–H and O–H groups in total. The first kappa shape index (κ1) is 23.3. The molecule has 0 unspecified atom stereocenters. The minimum atomic E-state index is -0.133. The van der Waals surface area contributed by atoms with Crippen molar-refractivity contribution >= 4 is 17.5 Å². The lowest BCUT2D eigenvalue weighted by molar-refractivity contribution is -0.118. The van der Waals surface area contributed by atoms with E-state index in [0.717, 1.165) is 24.0 Å². The van der Waals surface area contributed by atoms with Gasteiger partial charge in [0.15, 0.2) is 11.5 Å². The molecule has 0 saturated heterocycles. The van der Waals surface area contributed by atoms with E-state index in [2.05, 4.69) is 24.1 Å². The second-order valence-electron chi connectivity index (χ2n) is 8.08. The van der Waals surface area contributed by atoms with Crippen molar-refractivity contribution in [3.05, 3.63) is 60.3 Å². The number of hydrogen-bond donors (Lipinski definition) is 1. The summed E-state index contributed by atoms with van der Waals surface area (Å²) >= 11 is 0. The summed E-state index contributed by atoms with van der Waals surface area (Å²) in [5, 5.41) is 2.88. The SMILES string of the molecule is CCCN(CCC)C(=O)c1nc(-c2ccccc2)oc1-c1ccc(NC(=O)C(C)C)cc1. The van der Waals surface area contributed by atoms with Crippen molar-refractivity contribution in [3.8, 4) is 22.8 Å². The molecule has 32 heavy (non-hydrogen) atoms. The third-order valence-electron chi connectivity index (χ3n) is 5.06. The van der Waals surface area contributed by atoms with Crippen molar-refractivity contribution in [2.45, 2.75) is 40.5 Å². The first-order valence-corrected chi connectivity index (χ1v) is 11.2. The molecule has 3 aromatic rings. The van der Waals surface area contributed by atoms with Crippen LogP contribution in [0.25, 0.3) is 22.8 Å². The van der Waals surface area contributed by atoms with E-state index in [0.29, 0.717) is 36.1 Å². The fraction of sp³-hybridized carbons (Fsp3) is 0.346. The van der Waals surface area contributed by atoms with Gasteiger partial charge >= 0.3 is 0 Å². The molecule has 0 saturated carbocycles. The van der Waals surface area contributed by atoms with Gasteiger partial charge in [-0.2, -0.15) is 0 Å². The third kappa shape index (κ3) is 5.44. The number of benzene rings is 2. The fourth-order valence-corrected chi connectivity index (χ4v) is 3.36. The van der Waals surface area contributed by atoms with Crippen LogP contribution in [0.4, 0.5) is 5.69 Å². The number of hydrogen-bond acceptors (Lipinski definition) is 4. The number of nitrogens with zero attached hydrogens (tertiary/aromatic N) is 2. The lowest BCUT2D eigenvalue weighted by Crippen LogP contribution is -2.33. The maximum atomic E-state index is 13.4. The first-order valence-electron chi connectivity index (χ1n) is 11.2. The molecule has 6 nitrogen and oxygen atoms in total. The standard InChI is InChI=1S/C26H31N3O3/c1-5-16-29(17-6-2)26(31)22-23(32-25(28-22)20-10-8-7-9-11-20)19-12-14-21(15-13-19)27-24(30)18(3)4/h7-15,18H,5-6,16-17H2,1-4H3,(H,27,30). The highest BCUT2D eigenvalue weighted by Crippen LogP contribution is 2.31. The zero-order valence-electron chi connectivity index (χ0n) is 19.2. The van der Waals surface area contributed by atoms with Crippen LogP contribution in [0.15, 0.2) is 59.0 Å². The van der Waals surface area contributed by atoms with Crippen LogP contribution in [0.1, 0.15) is 51.0 Å². The number of anilines is 1. The zero-order chi connectivity index (χ0) is 23.1. The minimum Gasteiger partial charge on any atom is -0.435 e. The van der Waals surface area contributed by atoms with Crippen molar-refractivity contribution in [2.24, 2.45) is 5.92 Å². The molecule has 0 aliphatic heterocycles. The summed E-state index contributed by atoms with van der Waals surface area (Å²) in [6, 6.07) is 16.9. The fourth-order valence-electron chi connectivity index (χ4n) is 3.36. The minimum absolute atomic E-state index is 0.0468. The van der Waals surface area contributed by atoms with Crippen LogP contribution >= 0.6 is 0 Å². The van der Waals surface area contributed by atoms with Gasteiger partial charge in [-0.05, 0) is 49.2 Å². The Hall–Kier alpha value is -3.41. The van der Waals surface area contributed by atoms with Crippen molar-refractivity contribution in [3.63, 3.8) is 0 Å². The summed E-state index contributed by atoms with van der Waals surface area (Å²) < 4.78 is 6.13. The molecule has 1 heterocycles. The number of aromatic nitrogens is 1. The second-order valence-corrected chi connectivity index (χ2v) is 8.08. The molecule has 168 valence electrons. The van der Waals surface area contributed by atoms with Crippen molar-refractivity contribution < 1.29 is 14.0 Å². The predicted octanol–water partition coefficient (Wildman–Crippen LogP) is 5.87. The van der Waals surface area contributed by atoms with Gasteiger partial charge < -0.3 is 14.6 Å². The summed E-state index contributed by atoms with van der Waals surface area (Å²) in [6.45, 7) is 9.14. The normalized spacial score (nSPS) is 10.9. The number of carbonyl (C=O) groups is 2. The largest absolute Gasteiger partial charge is 0.435 e. The summed E-state index contributed by atoms with van der Waals surface area (Å²) in [5.74, 6) is 0.563. The van der Waals surface area contributed by atoms with E-state index in [4.69, 9.17) is 4.42 Å². The third-order valence-corrected chi connectivity index (χ3v) is 5.06. The van der Waals surface area contributed by atoms with E-state index in [-0.39, 0.29) is 17.7 Å². The Morgan fingerprint density at radius 3 is 2.12 bits per heavy atom. The quantitative estimate of drug-likeness (QED) is 0.458. The molecule has 0 radical (unpaired) electrons. The Bertz CT molecular complexity index is 1030. The molecular formula is C26H31N3O3. The maximum Gasteiger partial charge on any atom is 0.276 e. The topological polar surface area (TPSA) is 75.4 Å². The van der Waals surface area contributed by atoms with E-state index < -0.39 is 0 Å². The highest BCUT2D eigenvalue weighted by atomic mass is 16.4. The van der Waals surface area contributed by atoms with Gasteiger partial charge in [0, 0.05) is 35.8 Å².